The third-order valence-electron chi connectivity index (χ3n) is 2.47. The van der Waals surface area contributed by atoms with Crippen molar-refractivity contribution < 1.29 is 0 Å². The molecule has 0 N–H and O–H groups in total. The lowest BCUT2D eigenvalue weighted by molar-refractivity contribution is 0.516. The second kappa shape index (κ2) is 4.97. The average Bonchev–Trinajstić information content (AvgIpc) is 2.16. The van der Waals surface area contributed by atoms with Crippen LogP contribution in [0.5, 0.6) is 0 Å². The van der Waals surface area contributed by atoms with E-state index < -0.39 is 0 Å². The van der Waals surface area contributed by atoms with Crippen LogP contribution in [0.2, 0.25) is 0 Å². The van der Waals surface area contributed by atoms with Crippen LogP contribution in [0.25, 0.3) is 0 Å². The summed E-state index contributed by atoms with van der Waals surface area (Å²) in [6.07, 6.45) is 3.85. The smallest absolute Gasteiger partial charge is 0.0276 e. The van der Waals surface area contributed by atoms with Crippen molar-refractivity contribution in [3.63, 3.8) is 0 Å². The molecule has 0 unspecified atom stereocenters. The maximum Gasteiger partial charge on any atom is -0.0276 e. The lowest BCUT2D eigenvalue weighted by Gasteiger charge is -2.07. The Balaban J connectivity index is 2.33. The van der Waals surface area contributed by atoms with Crippen LogP contribution in [-0.4, -0.2) is 0 Å². The zero-order valence-corrected chi connectivity index (χ0v) is 8.09. The lowest BCUT2D eigenvalue weighted by atomic mass is 9.99. The van der Waals surface area contributed by atoms with Crippen molar-refractivity contribution in [2.24, 2.45) is 5.92 Å². The SMILES string of the molecule is CC[C@@H](C)CCc1ccccc1. The second-order valence-corrected chi connectivity index (χ2v) is 3.54. The van der Waals surface area contributed by atoms with Gasteiger partial charge in [-0.1, -0.05) is 50.6 Å². The molecule has 0 amide bonds. The molecule has 1 rings (SSSR count). The molecule has 66 valence electrons. The largest absolute Gasteiger partial charge is 0.0651 e. The average molecular weight is 162 g/mol. The topological polar surface area (TPSA) is 0 Å². The minimum absolute atomic E-state index is 0.866. The summed E-state index contributed by atoms with van der Waals surface area (Å²) in [6, 6.07) is 10.7. The van der Waals surface area contributed by atoms with E-state index in [4.69, 9.17) is 0 Å². The van der Waals surface area contributed by atoms with Crippen molar-refractivity contribution >= 4 is 0 Å². The number of hydrogen-bond acceptors (Lipinski definition) is 0. The Morgan fingerprint density at radius 3 is 2.42 bits per heavy atom. The fraction of sp³-hybridized carbons (Fsp3) is 0.500. The van der Waals surface area contributed by atoms with Crippen molar-refractivity contribution in [2.75, 3.05) is 0 Å². The van der Waals surface area contributed by atoms with E-state index in [0.29, 0.717) is 0 Å². The van der Waals surface area contributed by atoms with Gasteiger partial charge in [0.1, 0.15) is 0 Å². The molecule has 0 heteroatoms. The summed E-state index contributed by atoms with van der Waals surface area (Å²) >= 11 is 0. The molecule has 0 fully saturated rings. The van der Waals surface area contributed by atoms with Gasteiger partial charge in [-0.3, -0.25) is 0 Å². The highest BCUT2D eigenvalue weighted by atomic mass is 14.0. The highest BCUT2D eigenvalue weighted by Crippen LogP contribution is 2.11. The first-order valence-electron chi connectivity index (χ1n) is 4.87. The molecule has 0 spiro atoms. The van der Waals surface area contributed by atoms with Crippen LogP contribution in [0.1, 0.15) is 32.3 Å². The third kappa shape index (κ3) is 3.08. The number of benzene rings is 1. The van der Waals surface area contributed by atoms with E-state index in [1.54, 1.807) is 0 Å². The van der Waals surface area contributed by atoms with Gasteiger partial charge < -0.3 is 0 Å². The van der Waals surface area contributed by atoms with Gasteiger partial charge in [0.15, 0.2) is 0 Å². The Labute approximate surface area is 75.6 Å². The summed E-state index contributed by atoms with van der Waals surface area (Å²) in [6.45, 7) is 4.58. The lowest BCUT2D eigenvalue weighted by Crippen LogP contribution is -1.94. The molecule has 0 nitrogen and oxygen atoms in total. The van der Waals surface area contributed by atoms with Gasteiger partial charge in [-0.05, 0) is 24.3 Å². The van der Waals surface area contributed by atoms with Gasteiger partial charge in [-0.25, -0.2) is 0 Å². The Kier molecular flexibility index (Phi) is 3.86. The van der Waals surface area contributed by atoms with E-state index in [1.165, 1.54) is 24.8 Å². The minimum atomic E-state index is 0.866. The summed E-state index contributed by atoms with van der Waals surface area (Å²) in [4.78, 5) is 0. The standard InChI is InChI=1S/C12H18/c1-3-11(2)9-10-12-7-5-4-6-8-12/h4-8,11H,3,9-10H2,1-2H3/t11-/m1/s1. The molecule has 1 aromatic carbocycles. The third-order valence-corrected chi connectivity index (χ3v) is 2.47. The van der Waals surface area contributed by atoms with Crippen molar-refractivity contribution in [3.05, 3.63) is 35.9 Å². The molecule has 0 heterocycles. The van der Waals surface area contributed by atoms with Crippen LogP contribution in [0.4, 0.5) is 0 Å². The van der Waals surface area contributed by atoms with Crippen molar-refractivity contribution in [3.8, 4) is 0 Å². The Hall–Kier alpha value is -0.780. The number of hydrogen-bond donors (Lipinski definition) is 0. The first kappa shape index (κ1) is 9.31. The molecule has 0 bridgehead atoms. The van der Waals surface area contributed by atoms with Gasteiger partial charge >= 0.3 is 0 Å². The molecule has 0 saturated heterocycles. The summed E-state index contributed by atoms with van der Waals surface area (Å²) in [5, 5.41) is 0. The first-order chi connectivity index (χ1) is 5.83. The molecule has 0 aliphatic carbocycles. The maximum absolute atomic E-state index is 2.32. The molecule has 0 aliphatic heterocycles. The minimum Gasteiger partial charge on any atom is -0.0651 e. The van der Waals surface area contributed by atoms with E-state index in [9.17, 15) is 0 Å². The molecule has 0 aliphatic rings. The molecule has 0 saturated carbocycles. The fourth-order valence-electron chi connectivity index (χ4n) is 1.26. The summed E-state index contributed by atoms with van der Waals surface area (Å²) in [5.74, 6) is 0.866. The van der Waals surface area contributed by atoms with Gasteiger partial charge in [0, 0.05) is 0 Å². The highest BCUT2D eigenvalue weighted by Gasteiger charge is 1.98. The van der Waals surface area contributed by atoms with Crippen LogP contribution in [0.3, 0.4) is 0 Å². The van der Waals surface area contributed by atoms with Crippen LogP contribution < -0.4 is 0 Å². The zero-order chi connectivity index (χ0) is 8.81. The van der Waals surface area contributed by atoms with Crippen molar-refractivity contribution in [1.29, 1.82) is 0 Å². The Morgan fingerprint density at radius 1 is 1.17 bits per heavy atom. The predicted molar refractivity (Wildman–Crippen MR) is 54.2 cm³/mol. The normalized spacial score (nSPS) is 12.8. The molecule has 1 atom stereocenters. The van der Waals surface area contributed by atoms with Crippen LogP contribution in [0, 0.1) is 5.92 Å². The number of rotatable bonds is 4. The molecule has 12 heavy (non-hydrogen) atoms. The summed E-state index contributed by atoms with van der Waals surface area (Å²) < 4.78 is 0. The molecule has 0 radical (unpaired) electrons. The molecule has 0 aromatic heterocycles. The van der Waals surface area contributed by atoms with Gasteiger partial charge in [0.05, 0.1) is 0 Å². The van der Waals surface area contributed by atoms with E-state index in [2.05, 4.69) is 44.2 Å². The van der Waals surface area contributed by atoms with Gasteiger partial charge in [0.25, 0.3) is 0 Å². The van der Waals surface area contributed by atoms with Crippen molar-refractivity contribution in [2.45, 2.75) is 33.1 Å². The van der Waals surface area contributed by atoms with Gasteiger partial charge in [-0.15, -0.1) is 0 Å². The highest BCUT2D eigenvalue weighted by molar-refractivity contribution is 5.14. The van der Waals surface area contributed by atoms with Crippen LogP contribution in [0.15, 0.2) is 30.3 Å². The maximum atomic E-state index is 2.32. The quantitative estimate of drug-likeness (QED) is 0.633. The first-order valence-corrected chi connectivity index (χ1v) is 4.87. The van der Waals surface area contributed by atoms with Crippen LogP contribution in [-0.2, 0) is 6.42 Å². The van der Waals surface area contributed by atoms with Gasteiger partial charge in [-0.2, -0.15) is 0 Å². The molecular weight excluding hydrogens is 144 g/mol. The fourth-order valence-corrected chi connectivity index (χ4v) is 1.26. The van der Waals surface area contributed by atoms with E-state index in [0.717, 1.165) is 5.92 Å². The number of aryl methyl sites for hydroxylation is 1. The summed E-state index contributed by atoms with van der Waals surface area (Å²) in [7, 11) is 0. The predicted octanol–water partition coefficient (Wildman–Crippen LogP) is 3.67. The Bertz CT molecular complexity index is 201. The van der Waals surface area contributed by atoms with E-state index >= 15 is 0 Å². The Morgan fingerprint density at radius 2 is 1.83 bits per heavy atom. The van der Waals surface area contributed by atoms with Crippen LogP contribution >= 0.6 is 0 Å². The monoisotopic (exact) mass is 162 g/mol. The van der Waals surface area contributed by atoms with E-state index in [-0.39, 0.29) is 0 Å². The van der Waals surface area contributed by atoms with E-state index in [1.807, 2.05) is 0 Å². The molecular formula is C12H18. The summed E-state index contributed by atoms with van der Waals surface area (Å²) in [5.41, 5.74) is 1.47. The van der Waals surface area contributed by atoms with Gasteiger partial charge in [0.2, 0.25) is 0 Å². The van der Waals surface area contributed by atoms with Crippen molar-refractivity contribution in [1.82, 2.24) is 0 Å². The second-order valence-electron chi connectivity index (χ2n) is 3.54. The molecule has 1 aromatic rings. The zero-order valence-electron chi connectivity index (χ0n) is 8.09.